The van der Waals surface area contributed by atoms with Gasteiger partial charge in [0.15, 0.2) is 6.10 Å². The number of ether oxygens (including phenoxy) is 1. The standard InChI is InChI=1S/C23H35NO9S/c1-15(2)19(32-18(26)14-17-10-7-6-8-11-17)21(23(4,5)20(27)22(28)29)33-34(30,31)13-9-12-24-16(3)25/h6-8,10-11,15,19-21,27H,9,12-14H2,1-5H3,(H,24,25)(H,28,29)/t19?,20-,21?/m0/s1. The molecule has 192 valence electrons. The molecule has 0 bridgehead atoms. The third-order valence-corrected chi connectivity index (χ3v) is 6.57. The van der Waals surface area contributed by atoms with Crippen molar-refractivity contribution in [2.45, 2.75) is 65.8 Å². The Balaban J connectivity index is 3.19. The fraction of sp³-hybridized carbons (Fsp3) is 0.609. The molecule has 0 heterocycles. The number of aliphatic hydroxyl groups excluding tert-OH is 1. The lowest BCUT2D eigenvalue weighted by Crippen LogP contribution is -2.54. The minimum atomic E-state index is -4.24. The van der Waals surface area contributed by atoms with Gasteiger partial charge in [-0.15, -0.1) is 0 Å². The Bertz CT molecular complexity index is 929. The first-order chi connectivity index (χ1) is 15.7. The summed E-state index contributed by atoms with van der Waals surface area (Å²) >= 11 is 0. The number of aliphatic hydroxyl groups is 1. The van der Waals surface area contributed by atoms with Gasteiger partial charge < -0.3 is 20.3 Å². The van der Waals surface area contributed by atoms with Crippen molar-refractivity contribution in [3.63, 3.8) is 0 Å². The number of carbonyl (C=O) groups excluding carboxylic acids is 2. The third-order valence-electron chi connectivity index (χ3n) is 5.28. The number of carbonyl (C=O) groups is 3. The average molecular weight is 502 g/mol. The van der Waals surface area contributed by atoms with Crippen molar-refractivity contribution >= 4 is 28.0 Å². The van der Waals surface area contributed by atoms with Crippen molar-refractivity contribution in [2.75, 3.05) is 12.3 Å². The predicted octanol–water partition coefficient (Wildman–Crippen LogP) is 1.51. The smallest absolute Gasteiger partial charge is 0.333 e. The van der Waals surface area contributed by atoms with Gasteiger partial charge in [0.2, 0.25) is 5.91 Å². The first-order valence-corrected chi connectivity index (χ1v) is 12.5. The Kier molecular flexibility index (Phi) is 11.1. The summed E-state index contributed by atoms with van der Waals surface area (Å²) in [6.07, 6.45) is -4.70. The first kappa shape index (κ1) is 29.5. The molecule has 1 aromatic carbocycles. The highest BCUT2D eigenvalue weighted by Crippen LogP contribution is 2.35. The van der Waals surface area contributed by atoms with E-state index in [9.17, 15) is 33.0 Å². The largest absolute Gasteiger partial charge is 0.479 e. The third kappa shape index (κ3) is 9.40. The number of benzene rings is 1. The molecule has 1 amide bonds. The lowest BCUT2D eigenvalue weighted by molar-refractivity contribution is -0.174. The molecule has 1 rings (SSSR count). The van der Waals surface area contributed by atoms with Gasteiger partial charge in [-0.2, -0.15) is 8.42 Å². The maximum Gasteiger partial charge on any atom is 0.333 e. The average Bonchev–Trinajstić information content (AvgIpc) is 2.73. The second kappa shape index (κ2) is 12.8. The van der Waals surface area contributed by atoms with Crippen LogP contribution in [0.5, 0.6) is 0 Å². The zero-order valence-electron chi connectivity index (χ0n) is 20.2. The molecule has 0 aliphatic rings. The number of hydrogen-bond acceptors (Lipinski definition) is 8. The summed E-state index contributed by atoms with van der Waals surface area (Å²) in [5.41, 5.74) is -0.971. The molecule has 11 heteroatoms. The van der Waals surface area contributed by atoms with Crippen LogP contribution in [-0.4, -0.2) is 67.1 Å². The lowest BCUT2D eigenvalue weighted by Gasteiger charge is -2.41. The van der Waals surface area contributed by atoms with Crippen LogP contribution in [0.3, 0.4) is 0 Å². The van der Waals surface area contributed by atoms with Crippen molar-refractivity contribution in [3.8, 4) is 0 Å². The molecule has 0 spiro atoms. The van der Waals surface area contributed by atoms with Crippen molar-refractivity contribution in [1.82, 2.24) is 5.32 Å². The number of amides is 1. The molecule has 0 saturated carbocycles. The van der Waals surface area contributed by atoms with Crippen LogP contribution in [0.1, 0.15) is 46.6 Å². The van der Waals surface area contributed by atoms with Crippen LogP contribution >= 0.6 is 0 Å². The summed E-state index contributed by atoms with van der Waals surface area (Å²) < 4.78 is 36.5. The van der Waals surface area contributed by atoms with E-state index in [0.717, 1.165) is 0 Å². The van der Waals surface area contributed by atoms with Crippen molar-refractivity contribution < 1.29 is 41.9 Å². The summed E-state index contributed by atoms with van der Waals surface area (Å²) in [4.78, 5) is 35.2. The number of aliphatic carboxylic acids is 1. The molecule has 0 fully saturated rings. The molecular weight excluding hydrogens is 466 g/mol. The molecule has 3 atom stereocenters. The van der Waals surface area contributed by atoms with Gasteiger partial charge in [-0.25, -0.2) is 4.79 Å². The summed E-state index contributed by atoms with van der Waals surface area (Å²) in [6, 6.07) is 8.78. The molecule has 10 nitrogen and oxygen atoms in total. The topological polar surface area (TPSA) is 156 Å². The Morgan fingerprint density at radius 2 is 1.71 bits per heavy atom. The lowest BCUT2D eigenvalue weighted by atomic mass is 9.76. The van der Waals surface area contributed by atoms with Gasteiger partial charge in [0.05, 0.1) is 12.2 Å². The van der Waals surface area contributed by atoms with Crippen molar-refractivity contribution in [2.24, 2.45) is 11.3 Å². The molecule has 0 saturated heterocycles. The fourth-order valence-electron chi connectivity index (χ4n) is 3.30. The molecule has 34 heavy (non-hydrogen) atoms. The van der Waals surface area contributed by atoms with Gasteiger partial charge in [-0.1, -0.05) is 58.0 Å². The number of esters is 1. The Morgan fingerprint density at radius 1 is 1.12 bits per heavy atom. The van der Waals surface area contributed by atoms with E-state index in [2.05, 4.69) is 5.32 Å². The van der Waals surface area contributed by atoms with E-state index in [0.29, 0.717) is 5.56 Å². The van der Waals surface area contributed by atoms with Gasteiger partial charge in [-0.05, 0) is 17.9 Å². The zero-order chi connectivity index (χ0) is 26.1. The maximum absolute atomic E-state index is 12.7. The molecule has 3 N–H and O–H groups in total. The molecule has 0 aliphatic carbocycles. The number of carboxylic acids is 1. The monoisotopic (exact) mass is 501 g/mol. The second-order valence-electron chi connectivity index (χ2n) is 9.04. The molecular formula is C23H35NO9S. The first-order valence-electron chi connectivity index (χ1n) is 11.0. The normalized spacial score (nSPS) is 14.8. The molecule has 1 aromatic rings. The van der Waals surface area contributed by atoms with E-state index < -0.39 is 57.5 Å². The molecule has 0 aliphatic heterocycles. The SMILES string of the molecule is CC(=O)NCCCS(=O)(=O)OC(C(OC(=O)Cc1ccccc1)C(C)C)C(C)(C)[C@@H](O)C(=O)O. The summed E-state index contributed by atoms with van der Waals surface area (Å²) in [7, 11) is -4.24. The minimum Gasteiger partial charge on any atom is -0.479 e. The van der Waals surface area contributed by atoms with Gasteiger partial charge in [0.1, 0.15) is 12.2 Å². The zero-order valence-corrected chi connectivity index (χ0v) is 21.0. The van der Waals surface area contributed by atoms with Gasteiger partial charge in [-0.3, -0.25) is 13.8 Å². The summed E-state index contributed by atoms with van der Waals surface area (Å²) in [5.74, 6) is -3.47. The Labute approximate surface area is 200 Å². The highest BCUT2D eigenvalue weighted by molar-refractivity contribution is 7.86. The van der Waals surface area contributed by atoms with Crippen LogP contribution in [-0.2, 0) is 39.8 Å². The van der Waals surface area contributed by atoms with Crippen molar-refractivity contribution in [1.29, 1.82) is 0 Å². The van der Waals surface area contributed by atoms with Crippen LogP contribution in [0, 0.1) is 11.3 Å². The van der Waals surface area contributed by atoms with Crippen LogP contribution < -0.4 is 5.32 Å². The van der Waals surface area contributed by atoms with Gasteiger partial charge in [0, 0.05) is 18.9 Å². The maximum atomic E-state index is 12.7. The Hall–Kier alpha value is -2.50. The van der Waals surface area contributed by atoms with E-state index in [1.54, 1.807) is 44.2 Å². The van der Waals surface area contributed by atoms with E-state index in [-0.39, 0.29) is 25.3 Å². The van der Waals surface area contributed by atoms with Crippen LogP contribution in [0.2, 0.25) is 0 Å². The predicted molar refractivity (Wildman–Crippen MR) is 124 cm³/mol. The molecule has 0 aromatic heterocycles. The minimum absolute atomic E-state index is 0.0523. The molecule has 0 radical (unpaired) electrons. The van der Waals surface area contributed by atoms with Crippen molar-refractivity contribution in [3.05, 3.63) is 35.9 Å². The van der Waals surface area contributed by atoms with Crippen LogP contribution in [0.4, 0.5) is 0 Å². The van der Waals surface area contributed by atoms with E-state index in [4.69, 9.17) is 8.92 Å². The Morgan fingerprint density at radius 3 is 2.21 bits per heavy atom. The number of carboxylic acid groups (broad SMARTS) is 1. The quantitative estimate of drug-likeness (QED) is 0.195. The fourth-order valence-corrected chi connectivity index (χ4v) is 4.57. The highest BCUT2D eigenvalue weighted by Gasteiger charge is 2.49. The van der Waals surface area contributed by atoms with E-state index in [1.165, 1.54) is 20.8 Å². The number of hydrogen-bond donors (Lipinski definition) is 3. The summed E-state index contributed by atoms with van der Waals surface area (Å²) in [5, 5.41) is 22.2. The summed E-state index contributed by atoms with van der Waals surface area (Å²) in [6.45, 7) is 7.41. The number of nitrogens with one attached hydrogen (secondary N) is 1. The number of rotatable bonds is 14. The van der Waals surface area contributed by atoms with E-state index >= 15 is 0 Å². The van der Waals surface area contributed by atoms with Gasteiger partial charge >= 0.3 is 11.9 Å². The van der Waals surface area contributed by atoms with Crippen LogP contribution in [0.25, 0.3) is 0 Å². The van der Waals surface area contributed by atoms with Gasteiger partial charge in [0.25, 0.3) is 10.1 Å². The van der Waals surface area contributed by atoms with E-state index in [1.807, 2.05) is 0 Å². The molecule has 2 unspecified atom stereocenters. The second-order valence-corrected chi connectivity index (χ2v) is 10.8. The highest BCUT2D eigenvalue weighted by atomic mass is 32.2. The van der Waals surface area contributed by atoms with Crippen LogP contribution in [0.15, 0.2) is 30.3 Å².